The van der Waals surface area contributed by atoms with Gasteiger partial charge in [-0.3, -0.25) is 9.69 Å². The van der Waals surface area contributed by atoms with Gasteiger partial charge in [0.05, 0.1) is 20.9 Å². The molecule has 0 aliphatic heterocycles. The Morgan fingerprint density at radius 1 is 1.09 bits per heavy atom. The highest BCUT2D eigenvalue weighted by molar-refractivity contribution is 7.91. The van der Waals surface area contributed by atoms with Crippen molar-refractivity contribution in [2.24, 2.45) is 0 Å². The molecule has 0 saturated carbocycles. The molecule has 0 radical (unpaired) electrons. The van der Waals surface area contributed by atoms with Gasteiger partial charge in [-0.2, -0.15) is 0 Å². The second-order valence-electron chi connectivity index (χ2n) is 8.15. The lowest BCUT2D eigenvalue weighted by Crippen LogP contribution is -2.36. The molecule has 3 aromatic rings. The van der Waals surface area contributed by atoms with Crippen LogP contribution in [0.15, 0.2) is 41.3 Å². The Hall–Kier alpha value is -2.00. The van der Waals surface area contributed by atoms with Crippen molar-refractivity contribution in [3.63, 3.8) is 0 Å². The van der Waals surface area contributed by atoms with Crippen molar-refractivity contribution in [1.82, 2.24) is 9.88 Å². The molecule has 1 amide bonds. The molecule has 0 aliphatic rings. The molecule has 0 unspecified atom stereocenters. The molecule has 0 saturated heterocycles. The van der Waals surface area contributed by atoms with E-state index in [0.717, 1.165) is 21.3 Å². The maximum Gasteiger partial charge on any atom is 0.228 e. The fraction of sp³-hybridized carbons (Fsp3) is 0.391. The summed E-state index contributed by atoms with van der Waals surface area (Å²) in [5, 5.41) is 1.25. The Kier molecular flexibility index (Phi) is 7.92. The number of carbonyl (C=O) groups is 1. The quantitative estimate of drug-likeness (QED) is 0.431. The van der Waals surface area contributed by atoms with E-state index in [-0.39, 0.29) is 24.5 Å². The van der Waals surface area contributed by atoms with Crippen molar-refractivity contribution in [3.8, 4) is 0 Å². The van der Waals surface area contributed by atoms with Gasteiger partial charge in [-0.1, -0.05) is 40.6 Å². The summed E-state index contributed by atoms with van der Waals surface area (Å²) < 4.78 is 26.2. The first kappa shape index (κ1) is 24.6. The maximum absolute atomic E-state index is 13.1. The number of aryl methyl sites for hydroxylation is 2. The molecule has 1 heterocycles. The van der Waals surface area contributed by atoms with E-state index in [1.807, 2.05) is 45.0 Å². The number of nitrogens with zero attached hydrogens (tertiary/aromatic N) is 3. The van der Waals surface area contributed by atoms with Gasteiger partial charge >= 0.3 is 0 Å². The van der Waals surface area contributed by atoms with Gasteiger partial charge in [0, 0.05) is 24.5 Å². The van der Waals surface area contributed by atoms with Crippen LogP contribution in [0.3, 0.4) is 0 Å². The minimum Gasteiger partial charge on any atom is -0.308 e. The summed E-state index contributed by atoms with van der Waals surface area (Å²) in [5.41, 5.74) is 2.79. The van der Waals surface area contributed by atoms with E-state index in [0.29, 0.717) is 28.1 Å². The second-order valence-corrected chi connectivity index (χ2v) is 11.7. The van der Waals surface area contributed by atoms with E-state index in [1.165, 1.54) is 11.3 Å². The Bertz CT molecular complexity index is 1210. The number of hydrogen-bond donors (Lipinski definition) is 0. The van der Waals surface area contributed by atoms with Gasteiger partial charge in [0.15, 0.2) is 15.0 Å². The molecule has 6 nitrogen and oxygen atoms in total. The van der Waals surface area contributed by atoms with Gasteiger partial charge < -0.3 is 4.90 Å². The highest BCUT2D eigenvalue weighted by atomic mass is 35.5. The number of fused-ring (bicyclic) bond motifs is 1. The SMILES string of the molecule is Cc1ccc(S(=O)(=O)CCCC(=O)N(CCN(C)C)c2nc3c(C)cc(Cl)cc3s2)cc1. The minimum absolute atomic E-state index is 0.0715. The first-order valence-electron chi connectivity index (χ1n) is 10.4. The van der Waals surface area contributed by atoms with Crippen molar-refractivity contribution in [2.75, 3.05) is 37.8 Å². The van der Waals surface area contributed by atoms with Crippen LogP contribution >= 0.6 is 22.9 Å². The van der Waals surface area contributed by atoms with Gasteiger partial charge in [0.1, 0.15) is 0 Å². The Morgan fingerprint density at radius 3 is 2.44 bits per heavy atom. The molecular weight excluding hydrogens is 466 g/mol. The molecule has 0 spiro atoms. The van der Waals surface area contributed by atoms with Crippen LogP contribution in [-0.4, -0.2) is 57.1 Å². The van der Waals surface area contributed by atoms with Crippen LogP contribution < -0.4 is 4.90 Å². The number of halogens is 1. The van der Waals surface area contributed by atoms with Gasteiger partial charge in [-0.25, -0.2) is 13.4 Å². The standard InChI is InChI=1S/C23H28ClN3O3S2/c1-16-7-9-19(10-8-16)32(29,30)13-5-6-21(28)27(12-11-26(3)4)23-25-22-17(2)14-18(24)15-20(22)31-23/h7-10,14-15H,5-6,11-13H2,1-4H3. The van der Waals surface area contributed by atoms with Crippen molar-refractivity contribution in [1.29, 1.82) is 0 Å². The molecular formula is C23H28ClN3O3S2. The zero-order valence-electron chi connectivity index (χ0n) is 18.8. The number of benzene rings is 2. The summed E-state index contributed by atoms with van der Waals surface area (Å²) in [5.74, 6) is -0.202. The first-order valence-corrected chi connectivity index (χ1v) is 13.2. The average Bonchev–Trinajstić information content (AvgIpc) is 3.12. The van der Waals surface area contributed by atoms with Gasteiger partial charge in [0.2, 0.25) is 5.91 Å². The zero-order chi connectivity index (χ0) is 23.5. The topological polar surface area (TPSA) is 70.6 Å². The third-order valence-corrected chi connectivity index (χ3v) is 8.19. The Morgan fingerprint density at radius 2 is 1.78 bits per heavy atom. The molecule has 0 aliphatic carbocycles. The fourth-order valence-corrected chi connectivity index (χ4v) is 6.07. The third kappa shape index (κ3) is 6.07. The number of rotatable bonds is 9. The van der Waals surface area contributed by atoms with Crippen LogP contribution in [0.4, 0.5) is 5.13 Å². The molecule has 0 N–H and O–H groups in total. The highest BCUT2D eigenvalue weighted by Crippen LogP contribution is 2.33. The number of anilines is 1. The monoisotopic (exact) mass is 493 g/mol. The second kappa shape index (κ2) is 10.3. The molecule has 9 heteroatoms. The summed E-state index contributed by atoms with van der Waals surface area (Å²) in [4.78, 5) is 21.7. The van der Waals surface area contributed by atoms with Gasteiger partial charge in [-0.15, -0.1) is 0 Å². The van der Waals surface area contributed by atoms with Crippen LogP contribution in [0.25, 0.3) is 10.2 Å². The molecule has 0 fully saturated rings. The van der Waals surface area contributed by atoms with Crippen LogP contribution in [-0.2, 0) is 14.6 Å². The Balaban J connectivity index is 1.75. The molecule has 0 atom stereocenters. The number of likely N-dealkylation sites (N-methyl/N-ethyl adjacent to an activating group) is 1. The summed E-state index contributed by atoms with van der Waals surface area (Å²) in [6.07, 6.45) is 0.386. The Labute approximate surface area is 198 Å². The fourth-order valence-electron chi connectivity index (χ4n) is 3.30. The van der Waals surface area contributed by atoms with Crippen molar-refractivity contribution >= 4 is 54.0 Å². The van der Waals surface area contributed by atoms with Crippen molar-refractivity contribution < 1.29 is 13.2 Å². The smallest absolute Gasteiger partial charge is 0.228 e. The number of thiazole rings is 1. The summed E-state index contributed by atoms with van der Waals surface area (Å²) >= 11 is 7.61. The third-order valence-electron chi connectivity index (χ3n) is 5.13. The van der Waals surface area contributed by atoms with Gasteiger partial charge in [0.25, 0.3) is 0 Å². The van der Waals surface area contributed by atoms with Crippen LogP contribution in [0, 0.1) is 13.8 Å². The molecule has 32 heavy (non-hydrogen) atoms. The number of amides is 1. The van der Waals surface area contributed by atoms with Crippen molar-refractivity contribution in [3.05, 3.63) is 52.5 Å². The van der Waals surface area contributed by atoms with E-state index in [2.05, 4.69) is 0 Å². The largest absolute Gasteiger partial charge is 0.308 e. The molecule has 1 aromatic heterocycles. The highest BCUT2D eigenvalue weighted by Gasteiger charge is 2.22. The normalized spacial score (nSPS) is 11.9. The van der Waals surface area contributed by atoms with Crippen LogP contribution in [0.5, 0.6) is 0 Å². The molecule has 0 bridgehead atoms. The number of hydrogen-bond acceptors (Lipinski definition) is 6. The average molecular weight is 494 g/mol. The van der Waals surface area contributed by atoms with E-state index in [4.69, 9.17) is 16.6 Å². The lowest BCUT2D eigenvalue weighted by atomic mass is 10.2. The first-order chi connectivity index (χ1) is 15.1. The molecule has 172 valence electrons. The van der Waals surface area contributed by atoms with Crippen LogP contribution in [0.2, 0.25) is 5.02 Å². The molecule has 2 aromatic carbocycles. The van der Waals surface area contributed by atoms with Crippen LogP contribution in [0.1, 0.15) is 24.0 Å². The zero-order valence-corrected chi connectivity index (χ0v) is 21.1. The van der Waals surface area contributed by atoms with E-state index < -0.39 is 9.84 Å². The van der Waals surface area contributed by atoms with E-state index >= 15 is 0 Å². The maximum atomic E-state index is 13.1. The van der Waals surface area contributed by atoms with Crippen molar-refractivity contribution in [2.45, 2.75) is 31.6 Å². The number of sulfone groups is 1. The lowest BCUT2D eigenvalue weighted by molar-refractivity contribution is -0.118. The number of carbonyl (C=O) groups excluding carboxylic acids is 1. The summed E-state index contributed by atoms with van der Waals surface area (Å²) in [7, 11) is 0.461. The minimum atomic E-state index is -3.43. The van der Waals surface area contributed by atoms with Gasteiger partial charge in [-0.05, 0) is 64.2 Å². The summed E-state index contributed by atoms with van der Waals surface area (Å²) in [6.45, 7) is 5.00. The predicted octanol–water partition coefficient (Wildman–Crippen LogP) is 4.72. The van der Waals surface area contributed by atoms with E-state index in [1.54, 1.807) is 29.2 Å². The predicted molar refractivity (Wildman–Crippen MR) is 133 cm³/mol. The lowest BCUT2D eigenvalue weighted by Gasteiger charge is -2.22. The molecule has 3 rings (SSSR count). The van der Waals surface area contributed by atoms with E-state index in [9.17, 15) is 13.2 Å². The summed E-state index contributed by atoms with van der Waals surface area (Å²) in [6, 6.07) is 10.5. The number of aromatic nitrogens is 1.